The molecule has 1 atom stereocenters. The van der Waals surface area contributed by atoms with Crippen LogP contribution >= 0.6 is 11.6 Å². The lowest BCUT2D eigenvalue weighted by Gasteiger charge is -2.20. The molecule has 20 heavy (non-hydrogen) atoms. The number of hydrogen-bond acceptors (Lipinski definition) is 3. The standard InChI is InChI=1S/C15H20ClN3O/c1-4-7-18-14-6-5-12(16)8-13(14)15(20)19(3)10-11(2)9-17/h5-6,8,11,18H,4,7,10H2,1-3H3. The van der Waals surface area contributed by atoms with Gasteiger partial charge in [0.25, 0.3) is 5.91 Å². The highest BCUT2D eigenvalue weighted by Gasteiger charge is 2.18. The zero-order valence-corrected chi connectivity index (χ0v) is 12.9. The average molecular weight is 294 g/mol. The normalized spacial score (nSPS) is 11.6. The van der Waals surface area contributed by atoms with E-state index >= 15 is 0 Å². The maximum Gasteiger partial charge on any atom is 0.255 e. The van der Waals surface area contributed by atoms with Crippen LogP contribution in [0.2, 0.25) is 5.02 Å². The fourth-order valence-electron chi connectivity index (χ4n) is 1.85. The molecule has 4 nitrogen and oxygen atoms in total. The number of amides is 1. The highest BCUT2D eigenvalue weighted by molar-refractivity contribution is 6.31. The largest absolute Gasteiger partial charge is 0.384 e. The number of benzene rings is 1. The van der Waals surface area contributed by atoms with Crippen LogP contribution in [0.4, 0.5) is 5.69 Å². The molecule has 0 aliphatic carbocycles. The van der Waals surface area contributed by atoms with Gasteiger partial charge in [-0.3, -0.25) is 4.79 Å². The molecule has 1 rings (SSSR count). The van der Waals surface area contributed by atoms with Crippen molar-refractivity contribution in [2.75, 3.05) is 25.5 Å². The van der Waals surface area contributed by atoms with E-state index in [1.807, 2.05) is 6.07 Å². The van der Waals surface area contributed by atoms with Gasteiger partial charge in [0.1, 0.15) is 0 Å². The van der Waals surface area contributed by atoms with Gasteiger partial charge in [0.2, 0.25) is 0 Å². The summed E-state index contributed by atoms with van der Waals surface area (Å²) in [7, 11) is 1.70. The molecule has 0 saturated carbocycles. The minimum atomic E-state index is -0.199. The maximum atomic E-state index is 12.5. The molecule has 1 N–H and O–H groups in total. The molecule has 0 spiro atoms. The Morgan fingerprint density at radius 3 is 2.85 bits per heavy atom. The average Bonchev–Trinajstić information content (AvgIpc) is 2.44. The summed E-state index contributed by atoms with van der Waals surface area (Å²) in [6.45, 7) is 5.04. The molecule has 5 heteroatoms. The van der Waals surface area contributed by atoms with Crippen LogP contribution in [0, 0.1) is 17.2 Å². The van der Waals surface area contributed by atoms with Crippen LogP contribution in [-0.2, 0) is 0 Å². The van der Waals surface area contributed by atoms with Gasteiger partial charge in [-0.2, -0.15) is 5.26 Å². The Morgan fingerprint density at radius 2 is 2.25 bits per heavy atom. The van der Waals surface area contributed by atoms with Crippen LogP contribution in [0.25, 0.3) is 0 Å². The molecule has 1 amide bonds. The van der Waals surface area contributed by atoms with E-state index in [9.17, 15) is 4.79 Å². The molecule has 0 bridgehead atoms. The SMILES string of the molecule is CCCNc1ccc(Cl)cc1C(=O)N(C)CC(C)C#N. The van der Waals surface area contributed by atoms with Crippen molar-refractivity contribution in [1.82, 2.24) is 4.90 Å². The molecule has 1 aromatic carbocycles. The van der Waals surface area contributed by atoms with Crippen LogP contribution in [-0.4, -0.2) is 30.9 Å². The summed E-state index contributed by atoms with van der Waals surface area (Å²) >= 11 is 5.98. The predicted molar refractivity (Wildman–Crippen MR) is 82.0 cm³/mol. The van der Waals surface area contributed by atoms with Gasteiger partial charge < -0.3 is 10.2 Å². The highest BCUT2D eigenvalue weighted by atomic mass is 35.5. The van der Waals surface area contributed by atoms with Crippen molar-refractivity contribution in [2.24, 2.45) is 5.92 Å². The number of anilines is 1. The zero-order chi connectivity index (χ0) is 15.1. The lowest BCUT2D eigenvalue weighted by atomic mass is 10.1. The Labute approximate surface area is 125 Å². The summed E-state index contributed by atoms with van der Waals surface area (Å²) in [6, 6.07) is 7.36. The molecule has 1 aromatic rings. The fourth-order valence-corrected chi connectivity index (χ4v) is 2.02. The van der Waals surface area contributed by atoms with Gasteiger partial charge >= 0.3 is 0 Å². The van der Waals surface area contributed by atoms with Crippen LogP contribution in [0.15, 0.2) is 18.2 Å². The van der Waals surface area contributed by atoms with Gasteiger partial charge in [0.05, 0.1) is 17.6 Å². The van der Waals surface area contributed by atoms with Gasteiger partial charge in [0, 0.05) is 30.8 Å². The molecule has 0 aliphatic rings. The summed E-state index contributed by atoms with van der Waals surface area (Å²) in [5.74, 6) is -0.330. The zero-order valence-electron chi connectivity index (χ0n) is 12.1. The smallest absolute Gasteiger partial charge is 0.255 e. The van der Waals surface area contributed by atoms with Gasteiger partial charge in [-0.15, -0.1) is 0 Å². The molecule has 0 radical (unpaired) electrons. The van der Waals surface area contributed by atoms with E-state index in [4.69, 9.17) is 16.9 Å². The van der Waals surface area contributed by atoms with Crippen molar-refractivity contribution >= 4 is 23.2 Å². The van der Waals surface area contributed by atoms with Crippen molar-refractivity contribution in [2.45, 2.75) is 20.3 Å². The van der Waals surface area contributed by atoms with Crippen molar-refractivity contribution < 1.29 is 4.79 Å². The Hall–Kier alpha value is -1.73. The van der Waals surface area contributed by atoms with Crippen LogP contribution in [0.3, 0.4) is 0 Å². The highest BCUT2D eigenvalue weighted by Crippen LogP contribution is 2.22. The van der Waals surface area contributed by atoms with E-state index in [0.717, 1.165) is 18.7 Å². The number of hydrogen-bond donors (Lipinski definition) is 1. The number of carbonyl (C=O) groups excluding carboxylic acids is 1. The molecule has 108 valence electrons. The van der Waals surface area contributed by atoms with E-state index in [0.29, 0.717) is 17.1 Å². The summed E-state index contributed by atoms with van der Waals surface area (Å²) in [5.41, 5.74) is 1.32. The van der Waals surface area contributed by atoms with Crippen molar-refractivity contribution in [3.63, 3.8) is 0 Å². The number of rotatable bonds is 6. The van der Waals surface area contributed by atoms with E-state index in [2.05, 4.69) is 18.3 Å². The molecule has 0 fully saturated rings. The first-order valence-corrected chi connectivity index (χ1v) is 7.05. The van der Waals surface area contributed by atoms with Gasteiger partial charge in [-0.1, -0.05) is 18.5 Å². The maximum absolute atomic E-state index is 12.5. The van der Waals surface area contributed by atoms with E-state index in [-0.39, 0.29) is 11.8 Å². The molecule has 0 aliphatic heterocycles. The third kappa shape index (κ3) is 4.43. The van der Waals surface area contributed by atoms with E-state index in [1.54, 1.807) is 31.0 Å². The Kier molecular flexibility index (Phi) is 6.33. The minimum absolute atomic E-state index is 0.131. The van der Waals surface area contributed by atoms with E-state index < -0.39 is 0 Å². The fraction of sp³-hybridized carbons (Fsp3) is 0.467. The first kappa shape index (κ1) is 16.3. The lowest BCUT2D eigenvalue weighted by Crippen LogP contribution is -2.31. The number of nitriles is 1. The minimum Gasteiger partial charge on any atom is -0.384 e. The lowest BCUT2D eigenvalue weighted by molar-refractivity contribution is 0.0786. The van der Waals surface area contributed by atoms with Gasteiger partial charge in [-0.25, -0.2) is 0 Å². The molecular formula is C15H20ClN3O. The predicted octanol–water partition coefficient (Wildman–Crippen LogP) is 3.39. The Morgan fingerprint density at radius 1 is 1.55 bits per heavy atom. The second-order valence-corrected chi connectivity index (χ2v) is 5.27. The summed E-state index contributed by atoms with van der Waals surface area (Å²) in [4.78, 5) is 14.0. The molecule has 0 saturated heterocycles. The Balaban J connectivity index is 2.95. The van der Waals surface area contributed by atoms with Crippen molar-refractivity contribution in [1.29, 1.82) is 5.26 Å². The molecular weight excluding hydrogens is 274 g/mol. The second-order valence-electron chi connectivity index (χ2n) is 4.83. The van der Waals surface area contributed by atoms with E-state index in [1.165, 1.54) is 0 Å². The number of carbonyl (C=O) groups is 1. The summed E-state index contributed by atoms with van der Waals surface area (Å²) in [6.07, 6.45) is 0.970. The summed E-state index contributed by atoms with van der Waals surface area (Å²) in [5, 5.41) is 12.6. The number of nitrogens with one attached hydrogen (secondary N) is 1. The number of nitrogens with zero attached hydrogens (tertiary/aromatic N) is 2. The number of halogens is 1. The third-order valence-corrected chi connectivity index (χ3v) is 3.13. The molecule has 0 heterocycles. The second kappa shape index (κ2) is 7.76. The summed E-state index contributed by atoms with van der Waals surface area (Å²) < 4.78 is 0. The Bertz CT molecular complexity index is 510. The van der Waals surface area contributed by atoms with Gasteiger partial charge in [-0.05, 0) is 31.5 Å². The topological polar surface area (TPSA) is 56.1 Å². The van der Waals surface area contributed by atoms with Crippen LogP contribution in [0.1, 0.15) is 30.6 Å². The van der Waals surface area contributed by atoms with Crippen LogP contribution < -0.4 is 5.32 Å². The monoisotopic (exact) mass is 293 g/mol. The van der Waals surface area contributed by atoms with Crippen LogP contribution in [0.5, 0.6) is 0 Å². The van der Waals surface area contributed by atoms with Gasteiger partial charge in [0.15, 0.2) is 0 Å². The first-order chi connectivity index (χ1) is 9.49. The van der Waals surface area contributed by atoms with Crippen molar-refractivity contribution in [3.05, 3.63) is 28.8 Å². The van der Waals surface area contributed by atoms with Crippen molar-refractivity contribution in [3.8, 4) is 6.07 Å². The first-order valence-electron chi connectivity index (χ1n) is 6.68. The molecule has 0 aromatic heterocycles. The third-order valence-electron chi connectivity index (χ3n) is 2.89. The quantitative estimate of drug-likeness (QED) is 0.874. The molecule has 1 unspecified atom stereocenters.